The lowest BCUT2D eigenvalue weighted by Gasteiger charge is -2.30. The third-order valence-electron chi connectivity index (χ3n) is 5.60. The highest BCUT2D eigenvalue weighted by molar-refractivity contribution is 7.92. The molecule has 33 heavy (non-hydrogen) atoms. The van der Waals surface area contributed by atoms with Gasteiger partial charge < -0.3 is 10.1 Å². The summed E-state index contributed by atoms with van der Waals surface area (Å²) in [7, 11) is -3.70. The van der Waals surface area contributed by atoms with Gasteiger partial charge in [-0.25, -0.2) is 12.8 Å². The molecule has 6 nitrogen and oxygen atoms in total. The zero-order valence-electron chi connectivity index (χ0n) is 18.2. The Balaban J connectivity index is 1.37. The lowest BCUT2D eigenvalue weighted by atomic mass is 10.0. The van der Waals surface area contributed by atoms with Crippen molar-refractivity contribution in [1.29, 1.82) is 0 Å². The van der Waals surface area contributed by atoms with E-state index in [2.05, 4.69) is 5.32 Å². The molecule has 4 rings (SSSR count). The number of ether oxygens (including phenoxy) is 1. The van der Waals surface area contributed by atoms with Crippen molar-refractivity contribution >= 4 is 21.6 Å². The van der Waals surface area contributed by atoms with E-state index in [1.54, 1.807) is 31.2 Å². The number of rotatable bonds is 7. The summed E-state index contributed by atoms with van der Waals surface area (Å²) in [6.07, 6.45) is 1.62. The standard InChI is InChI=1S/C25H25FN2O4S/c1-18(19-8-10-21(26)11-9-19)27-25(29)17-32-22-12-14-23(15-13-22)33(30,31)28-16-4-6-20-5-2-3-7-24(20)28/h2-3,5,7-15,18H,4,6,16-17H2,1H3,(H,27,29)/t18-/m1/s1. The van der Waals surface area contributed by atoms with Gasteiger partial charge in [-0.1, -0.05) is 30.3 Å². The highest BCUT2D eigenvalue weighted by Crippen LogP contribution is 2.32. The van der Waals surface area contributed by atoms with Crippen LogP contribution in [0.3, 0.4) is 0 Å². The van der Waals surface area contributed by atoms with Gasteiger partial charge in [0.2, 0.25) is 0 Å². The molecule has 8 heteroatoms. The van der Waals surface area contributed by atoms with Crippen LogP contribution in [-0.2, 0) is 21.2 Å². The Morgan fingerprint density at radius 3 is 2.48 bits per heavy atom. The Hall–Kier alpha value is -3.39. The molecule has 1 amide bonds. The van der Waals surface area contributed by atoms with E-state index in [-0.39, 0.29) is 29.3 Å². The average molecular weight is 469 g/mol. The van der Waals surface area contributed by atoms with Crippen molar-refractivity contribution in [3.05, 3.63) is 89.7 Å². The van der Waals surface area contributed by atoms with Crippen LogP contribution in [-0.4, -0.2) is 27.5 Å². The number of sulfonamides is 1. The minimum absolute atomic E-state index is 0.168. The van der Waals surface area contributed by atoms with Gasteiger partial charge in [-0.3, -0.25) is 9.10 Å². The van der Waals surface area contributed by atoms with E-state index in [0.717, 1.165) is 29.7 Å². The SMILES string of the molecule is C[C@@H](NC(=O)COc1ccc(S(=O)(=O)N2CCCc3ccccc32)cc1)c1ccc(F)cc1. The molecule has 3 aromatic rings. The molecule has 172 valence electrons. The maximum absolute atomic E-state index is 13.2. The number of fused-ring (bicyclic) bond motifs is 1. The first-order chi connectivity index (χ1) is 15.8. The minimum Gasteiger partial charge on any atom is -0.484 e. The Morgan fingerprint density at radius 1 is 1.06 bits per heavy atom. The fourth-order valence-electron chi connectivity index (χ4n) is 3.85. The molecule has 1 aliphatic heterocycles. The van der Waals surface area contributed by atoms with Gasteiger partial charge in [-0.15, -0.1) is 0 Å². The fourth-order valence-corrected chi connectivity index (χ4v) is 5.39. The lowest BCUT2D eigenvalue weighted by molar-refractivity contribution is -0.123. The van der Waals surface area contributed by atoms with Crippen molar-refractivity contribution in [2.45, 2.75) is 30.7 Å². The molecule has 0 fully saturated rings. The van der Waals surface area contributed by atoms with Gasteiger partial charge in [0, 0.05) is 6.54 Å². The Bertz CT molecular complexity index is 1230. The number of hydrogen-bond donors (Lipinski definition) is 1. The molecular weight excluding hydrogens is 443 g/mol. The Morgan fingerprint density at radius 2 is 1.76 bits per heavy atom. The monoisotopic (exact) mass is 468 g/mol. The number of aryl methyl sites for hydroxylation is 1. The number of nitrogens with one attached hydrogen (secondary N) is 1. The summed E-state index contributed by atoms with van der Waals surface area (Å²) < 4.78 is 46.4. The zero-order valence-corrected chi connectivity index (χ0v) is 19.0. The molecule has 0 aliphatic carbocycles. The predicted molar refractivity (Wildman–Crippen MR) is 124 cm³/mol. The van der Waals surface area contributed by atoms with Crippen LogP contribution in [0.1, 0.15) is 30.5 Å². The van der Waals surface area contributed by atoms with Crippen LogP contribution in [0.4, 0.5) is 10.1 Å². The fraction of sp³-hybridized carbons (Fsp3) is 0.240. The summed E-state index contributed by atoms with van der Waals surface area (Å²) >= 11 is 0. The Labute approximate surface area is 193 Å². The summed E-state index contributed by atoms with van der Waals surface area (Å²) in [5.74, 6) is -0.290. The summed E-state index contributed by atoms with van der Waals surface area (Å²) in [6.45, 7) is 2.00. The quantitative estimate of drug-likeness (QED) is 0.563. The van der Waals surface area contributed by atoms with Gasteiger partial charge in [-0.2, -0.15) is 0 Å². The van der Waals surface area contributed by atoms with E-state index in [1.807, 2.05) is 24.3 Å². The average Bonchev–Trinajstić information content (AvgIpc) is 2.83. The highest BCUT2D eigenvalue weighted by atomic mass is 32.2. The number of carbonyl (C=O) groups excluding carboxylic acids is 1. The van der Waals surface area contributed by atoms with E-state index < -0.39 is 10.0 Å². The molecule has 0 saturated heterocycles. The largest absolute Gasteiger partial charge is 0.484 e. The van der Waals surface area contributed by atoms with Gasteiger partial charge in [0.15, 0.2) is 6.61 Å². The highest BCUT2D eigenvalue weighted by Gasteiger charge is 2.28. The molecule has 1 N–H and O–H groups in total. The van der Waals surface area contributed by atoms with Crippen molar-refractivity contribution in [2.24, 2.45) is 0 Å². The number of benzene rings is 3. The van der Waals surface area contributed by atoms with E-state index in [0.29, 0.717) is 12.3 Å². The summed E-state index contributed by atoms with van der Waals surface area (Å²) in [5, 5.41) is 2.78. The maximum atomic E-state index is 13.2. The van der Waals surface area contributed by atoms with E-state index >= 15 is 0 Å². The number of carbonyl (C=O) groups is 1. The van der Waals surface area contributed by atoms with Gasteiger partial charge in [0.1, 0.15) is 11.6 Å². The number of anilines is 1. The molecule has 0 radical (unpaired) electrons. The van der Waals surface area contributed by atoms with Crippen LogP contribution in [0.5, 0.6) is 5.75 Å². The zero-order chi connectivity index (χ0) is 23.4. The smallest absolute Gasteiger partial charge is 0.264 e. The van der Waals surface area contributed by atoms with Crippen LogP contribution >= 0.6 is 0 Å². The number of halogens is 1. The second kappa shape index (κ2) is 9.62. The third-order valence-corrected chi connectivity index (χ3v) is 7.42. The minimum atomic E-state index is -3.70. The van der Waals surface area contributed by atoms with Crippen molar-refractivity contribution in [1.82, 2.24) is 5.32 Å². The van der Waals surface area contributed by atoms with Crippen LogP contribution < -0.4 is 14.4 Å². The van der Waals surface area contributed by atoms with Crippen molar-refractivity contribution in [3.63, 3.8) is 0 Å². The maximum Gasteiger partial charge on any atom is 0.264 e. The number of nitrogens with zero attached hydrogens (tertiary/aromatic N) is 1. The van der Waals surface area contributed by atoms with Crippen LogP contribution in [0.2, 0.25) is 0 Å². The molecular formula is C25H25FN2O4S. The molecule has 0 saturated carbocycles. The number of amides is 1. The number of para-hydroxylation sites is 1. The first-order valence-electron chi connectivity index (χ1n) is 10.7. The molecule has 0 spiro atoms. The molecule has 1 atom stereocenters. The van der Waals surface area contributed by atoms with Gasteiger partial charge in [0.05, 0.1) is 16.6 Å². The number of hydrogen-bond acceptors (Lipinski definition) is 4. The second-order valence-corrected chi connectivity index (χ2v) is 9.77. The molecule has 0 unspecified atom stereocenters. The third kappa shape index (κ3) is 5.17. The summed E-state index contributed by atoms with van der Waals surface area (Å²) in [5.41, 5.74) is 2.52. The second-order valence-electron chi connectivity index (χ2n) is 7.91. The van der Waals surface area contributed by atoms with Crippen LogP contribution in [0.25, 0.3) is 0 Å². The van der Waals surface area contributed by atoms with E-state index in [1.165, 1.54) is 28.6 Å². The molecule has 0 bridgehead atoms. The topological polar surface area (TPSA) is 75.7 Å². The van der Waals surface area contributed by atoms with Crippen molar-refractivity contribution in [3.8, 4) is 5.75 Å². The molecule has 0 aromatic heterocycles. The molecule has 1 heterocycles. The van der Waals surface area contributed by atoms with Gasteiger partial charge in [0.25, 0.3) is 15.9 Å². The normalized spacial score (nSPS) is 14.3. The van der Waals surface area contributed by atoms with Crippen molar-refractivity contribution in [2.75, 3.05) is 17.5 Å². The van der Waals surface area contributed by atoms with E-state index in [9.17, 15) is 17.6 Å². The predicted octanol–water partition coefficient (Wildman–Crippen LogP) is 4.22. The van der Waals surface area contributed by atoms with Crippen LogP contribution in [0, 0.1) is 5.82 Å². The molecule has 3 aromatic carbocycles. The summed E-state index contributed by atoms with van der Waals surface area (Å²) in [6, 6.07) is 19.2. The molecule has 1 aliphatic rings. The first-order valence-corrected chi connectivity index (χ1v) is 12.2. The first kappa shape index (κ1) is 22.8. The van der Waals surface area contributed by atoms with Gasteiger partial charge >= 0.3 is 0 Å². The lowest BCUT2D eigenvalue weighted by Crippen LogP contribution is -2.35. The summed E-state index contributed by atoms with van der Waals surface area (Å²) in [4.78, 5) is 12.4. The van der Waals surface area contributed by atoms with Gasteiger partial charge in [-0.05, 0) is 73.4 Å². The van der Waals surface area contributed by atoms with Crippen molar-refractivity contribution < 1.29 is 22.3 Å². The Kier molecular flexibility index (Phi) is 6.65. The van der Waals surface area contributed by atoms with E-state index in [4.69, 9.17) is 4.74 Å². The van der Waals surface area contributed by atoms with Crippen LogP contribution in [0.15, 0.2) is 77.7 Å².